The molecular weight excluding hydrogens is 406 g/mol. The molecule has 0 spiro atoms. The molecule has 5 nitrogen and oxygen atoms in total. The third kappa shape index (κ3) is 5.37. The second-order valence-electron chi connectivity index (χ2n) is 8.57. The number of hydrogen-bond acceptors (Lipinski definition) is 4. The first kappa shape index (κ1) is 23.1. The van der Waals surface area contributed by atoms with Crippen molar-refractivity contribution in [1.82, 2.24) is 9.55 Å². The second kappa shape index (κ2) is 9.69. The maximum Gasteiger partial charge on any atom is 0.262 e. The number of carbonyl (C=O) groups is 1. The van der Waals surface area contributed by atoms with E-state index in [0.717, 1.165) is 23.2 Å². The molecule has 1 heterocycles. The molecule has 0 fully saturated rings. The molecule has 1 aromatic heterocycles. The molecule has 2 aromatic carbocycles. The molecule has 3 aromatic rings. The van der Waals surface area contributed by atoms with E-state index in [9.17, 15) is 9.59 Å². The maximum atomic E-state index is 13.1. The number of hydrogen-bond donors (Lipinski definition) is 1. The summed E-state index contributed by atoms with van der Waals surface area (Å²) >= 11 is 1.33. The summed E-state index contributed by atoms with van der Waals surface area (Å²) in [5.41, 5.74) is 4.72. The molecule has 164 valence electrons. The number of para-hydroxylation sites is 1. The lowest BCUT2D eigenvalue weighted by Gasteiger charge is -2.18. The van der Waals surface area contributed by atoms with Crippen molar-refractivity contribution in [2.45, 2.75) is 64.9 Å². The fraction of sp³-hybridized carbons (Fsp3) is 0.400. The lowest BCUT2D eigenvalue weighted by atomic mass is 10.1. The van der Waals surface area contributed by atoms with Crippen molar-refractivity contribution in [3.8, 4) is 0 Å². The van der Waals surface area contributed by atoms with Gasteiger partial charge in [-0.15, -0.1) is 0 Å². The number of aromatic nitrogens is 2. The minimum atomic E-state index is -0.404. The van der Waals surface area contributed by atoms with Gasteiger partial charge >= 0.3 is 0 Å². The molecule has 1 unspecified atom stereocenters. The van der Waals surface area contributed by atoms with Crippen LogP contribution in [-0.4, -0.2) is 20.7 Å². The Balaban J connectivity index is 1.90. The molecule has 0 aliphatic rings. The van der Waals surface area contributed by atoms with Gasteiger partial charge in [-0.2, -0.15) is 0 Å². The summed E-state index contributed by atoms with van der Waals surface area (Å²) in [5, 5.41) is 3.87. The molecule has 0 radical (unpaired) electrons. The Morgan fingerprint density at radius 2 is 1.74 bits per heavy atom. The van der Waals surface area contributed by atoms with Gasteiger partial charge in [0.15, 0.2) is 5.16 Å². The number of fused-ring (bicyclic) bond motifs is 1. The van der Waals surface area contributed by atoms with E-state index < -0.39 is 5.25 Å². The van der Waals surface area contributed by atoms with E-state index in [1.807, 2.05) is 52.0 Å². The van der Waals surface area contributed by atoms with Crippen LogP contribution < -0.4 is 10.9 Å². The van der Waals surface area contributed by atoms with Gasteiger partial charge in [0.2, 0.25) is 5.91 Å². The Bertz CT molecular complexity index is 1140. The average Bonchev–Trinajstić information content (AvgIpc) is 2.70. The van der Waals surface area contributed by atoms with Gasteiger partial charge in [-0.1, -0.05) is 55.4 Å². The predicted octanol–water partition coefficient (Wildman–Crippen LogP) is 5.49. The molecular formula is C25H31N3O2S. The Kier molecular flexibility index (Phi) is 7.21. The summed E-state index contributed by atoms with van der Waals surface area (Å²) in [5.74, 6) is 0.363. The summed E-state index contributed by atoms with van der Waals surface area (Å²) in [6.45, 7) is 12.8. The van der Waals surface area contributed by atoms with Gasteiger partial charge in [-0.25, -0.2) is 4.98 Å². The highest BCUT2D eigenvalue weighted by Gasteiger charge is 2.21. The Morgan fingerprint density at radius 1 is 1.10 bits per heavy atom. The Hall–Kier alpha value is -2.60. The SMILES string of the molecule is Cc1cc(C)c(NC(=O)C(C)Sc2nc3ccccc3c(=O)n2CCC(C)C)c(C)c1. The number of aryl methyl sites for hydroxylation is 3. The van der Waals surface area contributed by atoms with Gasteiger partial charge in [0, 0.05) is 12.2 Å². The molecule has 0 saturated heterocycles. The van der Waals surface area contributed by atoms with Crippen LogP contribution in [-0.2, 0) is 11.3 Å². The number of nitrogens with zero attached hydrogens (tertiary/aromatic N) is 2. The number of nitrogens with one attached hydrogen (secondary N) is 1. The number of thioether (sulfide) groups is 1. The van der Waals surface area contributed by atoms with Crippen LogP contribution in [0.5, 0.6) is 0 Å². The Labute approximate surface area is 188 Å². The number of rotatable bonds is 7. The van der Waals surface area contributed by atoms with Crippen LogP contribution in [0.1, 0.15) is 43.9 Å². The van der Waals surface area contributed by atoms with Crippen LogP contribution in [0.2, 0.25) is 0 Å². The van der Waals surface area contributed by atoms with Crippen LogP contribution >= 0.6 is 11.8 Å². The highest BCUT2D eigenvalue weighted by molar-refractivity contribution is 8.00. The van der Waals surface area contributed by atoms with E-state index in [2.05, 4.69) is 31.3 Å². The molecule has 1 amide bonds. The molecule has 6 heteroatoms. The van der Waals surface area contributed by atoms with Crippen molar-refractivity contribution >= 4 is 34.3 Å². The lowest BCUT2D eigenvalue weighted by molar-refractivity contribution is -0.115. The third-order valence-electron chi connectivity index (χ3n) is 5.33. The summed E-state index contributed by atoms with van der Waals surface area (Å²) in [6.07, 6.45) is 0.871. The summed E-state index contributed by atoms with van der Waals surface area (Å²) < 4.78 is 1.72. The average molecular weight is 438 g/mol. The van der Waals surface area contributed by atoms with Gasteiger partial charge in [0.25, 0.3) is 5.56 Å². The molecule has 0 saturated carbocycles. The number of anilines is 1. The minimum absolute atomic E-state index is 0.0495. The number of amides is 1. The van der Waals surface area contributed by atoms with Crippen LogP contribution in [0.4, 0.5) is 5.69 Å². The Morgan fingerprint density at radius 3 is 2.39 bits per heavy atom. The van der Waals surface area contributed by atoms with Crippen molar-refractivity contribution in [1.29, 1.82) is 0 Å². The standard InChI is InChI=1S/C25H31N3O2S/c1-15(2)11-12-28-24(30)20-9-7-8-10-21(20)26-25(28)31-19(6)23(29)27-22-17(4)13-16(3)14-18(22)5/h7-10,13-15,19H,11-12H2,1-6H3,(H,27,29). The summed E-state index contributed by atoms with van der Waals surface area (Å²) in [6, 6.07) is 11.5. The van der Waals surface area contributed by atoms with Crippen molar-refractivity contribution in [3.63, 3.8) is 0 Å². The van der Waals surface area contributed by atoms with E-state index >= 15 is 0 Å². The van der Waals surface area contributed by atoms with E-state index in [4.69, 9.17) is 4.98 Å². The molecule has 0 bridgehead atoms. The second-order valence-corrected chi connectivity index (χ2v) is 9.88. The number of carbonyl (C=O) groups excluding carboxylic acids is 1. The maximum absolute atomic E-state index is 13.1. The van der Waals surface area contributed by atoms with Crippen molar-refractivity contribution in [2.24, 2.45) is 5.92 Å². The highest BCUT2D eigenvalue weighted by atomic mass is 32.2. The first-order valence-corrected chi connectivity index (χ1v) is 11.6. The first-order valence-electron chi connectivity index (χ1n) is 10.7. The zero-order valence-corrected chi connectivity index (χ0v) is 20.0. The van der Waals surface area contributed by atoms with Crippen LogP contribution in [0, 0.1) is 26.7 Å². The van der Waals surface area contributed by atoms with Gasteiger partial charge in [0.1, 0.15) is 0 Å². The lowest BCUT2D eigenvalue weighted by Crippen LogP contribution is -2.27. The van der Waals surface area contributed by atoms with Crippen LogP contribution in [0.3, 0.4) is 0 Å². The third-order valence-corrected chi connectivity index (χ3v) is 6.42. The van der Waals surface area contributed by atoms with E-state index in [-0.39, 0.29) is 11.5 Å². The molecule has 31 heavy (non-hydrogen) atoms. The monoisotopic (exact) mass is 437 g/mol. The van der Waals surface area contributed by atoms with Crippen molar-refractivity contribution in [3.05, 3.63) is 63.4 Å². The minimum Gasteiger partial charge on any atom is -0.325 e. The van der Waals surface area contributed by atoms with Gasteiger partial charge in [0.05, 0.1) is 16.2 Å². The van der Waals surface area contributed by atoms with Gasteiger partial charge in [-0.05, 0) is 63.3 Å². The zero-order valence-electron chi connectivity index (χ0n) is 19.2. The smallest absolute Gasteiger partial charge is 0.262 e. The largest absolute Gasteiger partial charge is 0.325 e. The molecule has 0 aliphatic heterocycles. The highest BCUT2D eigenvalue weighted by Crippen LogP contribution is 2.26. The van der Waals surface area contributed by atoms with Crippen LogP contribution in [0.25, 0.3) is 10.9 Å². The van der Waals surface area contributed by atoms with E-state index in [1.54, 1.807) is 4.57 Å². The summed E-state index contributed by atoms with van der Waals surface area (Å²) in [7, 11) is 0. The van der Waals surface area contributed by atoms with Gasteiger partial charge < -0.3 is 5.32 Å². The fourth-order valence-electron chi connectivity index (χ4n) is 3.64. The zero-order chi connectivity index (χ0) is 22.7. The normalized spacial score (nSPS) is 12.4. The molecule has 1 atom stereocenters. The quantitative estimate of drug-likeness (QED) is 0.392. The van der Waals surface area contributed by atoms with Crippen molar-refractivity contribution < 1.29 is 4.79 Å². The van der Waals surface area contributed by atoms with Gasteiger partial charge in [-0.3, -0.25) is 14.2 Å². The topological polar surface area (TPSA) is 64.0 Å². The number of benzene rings is 2. The van der Waals surface area contributed by atoms with Crippen molar-refractivity contribution in [2.75, 3.05) is 5.32 Å². The summed E-state index contributed by atoms with van der Waals surface area (Å²) in [4.78, 5) is 30.9. The van der Waals surface area contributed by atoms with E-state index in [0.29, 0.717) is 28.5 Å². The predicted molar refractivity (Wildman–Crippen MR) is 130 cm³/mol. The van der Waals surface area contributed by atoms with Crippen LogP contribution in [0.15, 0.2) is 46.3 Å². The molecule has 1 N–H and O–H groups in total. The van der Waals surface area contributed by atoms with E-state index in [1.165, 1.54) is 17.3 Å². The fourth-order valence-corrected chi connectivity index (χ4v) is 4.57. The molecule has 3 rings (SSSR count). The first-order chi connectivity index (χ1) is 14.7. The molecule has 0 aliphatic carbocycles.